The quantitative estimate of drug-likeness (QED) is 0.758. The molecule has 0 saturated heterocycles. The smallest absolute Gasteiger partial charge is 0.343 e. The first-order valence-corrected chi connectivity index (χ1v) is 8.81. The molecule has 134 valence electrons. The van der Waals surface area contributed by atoms with Crippen molar-refractivity contribution in [2.24, 2.45) is 0 Å². The minimum absolute atomic E-state index is 0.0569. The van der Waals surface area contributed by atoms with E-state index in [1.54, 1.807) is 12.1 Å². The summed E-state index contributed by atoms with van der Waals surface area (Å²) in [5.41, 5.74) is 1.25. The molecular formula is C17H19NO6S. The minimum atomic E-state index is -3.79. The standard InChI is InChI=1S/C17H19NO6S/c1-12-4-9-16(22-2)15(10-12)18-25(20,21)14-7-5-13(6-8-14)24-11-17(19)23-3/h4-10,18H,11H2,1-3H3. The Hall–Kier alpha value is -2.74. The Balaban J connectivity index is 2.17. The van der Waals surface area contributed by atoms with E-state index in [9.17, 15) is 13.2 Å². The van der Waals surface area contributed by atoms with Crippen LogP contribution in [0.1, 0.15) is 5.56 Å². The van der Waals surface area contributed by atoms with E-state index in [4.69, 9.17) is 9.47 Å². The fourth-order valence-electron chi connectivity index (χ4n) is 2.02. The number of carbonyl (C=O) groups excluding carboxylic acids is 1. The van der Waals surface area contributed by atoms with Gasteiger partial charge in [0.05, 0.1) is 24.8 Å². The van der Waals surface area contributed by atoms with Gasteiger partial charge < -0.3 is 14.2 Å². The first kappa shape index (κ1) is 18.6. The van der Waals surface area contributed by atoms with E-state index in [0.29, 0.717) is 17.2 Å². The molecule has 0 amide bonds. The fourth-order valence-corrected chi connectivity index (χ4v) is 3.08. The summed E-state index contributed by atoms with van der Waals surface area (Å²) in [6.07, 6.45) is 0. The van der Waals surface area contributed by atoms with Crippen LogP contribution in [0, 0.1) is 6.92 Å². The molecule has 1 N–H and O–H groups in total. The maximum Gasteiger partial charge on any atom is 0.343 e. The number of hydrogen-bond acceptors (Lipinski definition) is 6. The summed E-state index contributed by atoms with van der Waals surface area (Å²) in [6.45, 7) is 1.60. The lowest BCUT2D eigenvalue weighted by atomic mass is 10.2. The van der Waals surface area contributed by atoms with Crippen LogP contribution in [0.5, 0.6) is 11.5 Å². The number of nitrogens with one attached hydrogen (secondary N) is 1. The van der Waals surface area contributed by atoms with Crippen LogP contribution in [0.25, 0.3) is 0 Å². The van der Waals surface area contributed by atoms with E-state index in [0.717, 1.165) is 5.56 Å². The van der Waals surface area contributed by atoms with Gasteiger partial charge in [0.15, 0.2) is 6.61 Å². The van der Waals surface area contributed by atoms with E-state index in [2.05, 4.69) is 9.46 Å². The molecule has 0 fully saturated rings. The molecule has 0 spiro atoms. The molecule has 0 aliphatic rings. The highest BCUT2D eigenvalue weighted by molar-refractivity contribution is 7.92. The summed E-state index contributed by atoms with van der Waals surface area (Å²) in [4.78, 5) is 11.1. The topological polar surface area (TPSA) is 90.9 Å². The van der Waals surface area contributed by atoms with Gasteiger partial charge in [-0.25, -0.2) is 13.2 Å². The summed E-state index contributed by atoms with van der Waals surface area (Å²) < 4.78 is 42.4. The zero-order valence-electron chi connectivity index (χ0n) is 14.1. The number of aryl methyl sites for hydroxylation is 1. The molecule has 25 heavy (non-hydrogen) atoms. The summed E-state index contributed by atoms with van der Waals surface area (Å²) in [5, 5.41) is 0. The van der Waals surface area contributed by atoms with Gasteiger partial charge in [-0.2, -0.15) is 0 Å². The van der Waals surface area contributed by atoms with Gasteiger partial charge in [-0.15, -0.1) is 0 Å². The highest BCUT2D eigenvalue weighted by Gasteiger charge is 2.17. The van der Waals surface area contributed by atoms with Crippen LogP contribution in [0.4, 0.5) is 5.69 Å². The Kier molecular flexibility index (Phi) is 5.87. The van der Waals surface area contributed by atoms with Crippen molar-refractivity contribution < 1.29 is 27.4 Å². The van der Waals surface area contributed by atoms with E-state index >= 15 is 0 Å². The van der Waals surface area contributed by atoms with Gasteiger partial charge in [0.25, 0.3) is 10.0 Å². The number of anilines is 1. The van der Waals surface area contributed by atoms with E-state index < -0.39 is 16.0 Å². The van der Waals surface area contributed by atoms with Crippen molar-refractivity contribution in [1.29, 1.82) is 0 Å². The van der Waals surface area contributed by atoms with Gasteiger partial charge in [-0.3, -0.25) is 4.72 Å². The predicted molar refractivity (Wildman–Crippen MR) is 92.5 cm³/mol. The van der Waals surface area contributed by atoms with Gasteiger partial charge in [0, 0.05) is 0 Å². The second-order valence-corrected chi connectivity index (χ2v) is 6.83. The Bertz CT molecular complexity index is 846. The first-order chi connectivity index (χ1) is 11.9. The molecule has 0 aromatic heterocycles. The second kappa shape index (κ2) is 7.89. The largest absolute Gasteiger partial charge is 0.495 e. The highest BCUT2D eigenvalue weighted by Crippen LogP contribution is 2.28. The summed E-state index contributed by atoms with van der Waals surface area (Å²) >= 11 is 0. The highest BCUT2D eigenvalue weighted by atomic mass is 32.2. The van der Waals surface area contributed by atoms with Crippen LogP contribution in [-0.2, 0) is 19.6 Å². The Morgan fingerprint density at radius 2 is 1.76 bits per heavy atom. The number of carbonyl (C=O) groups is 1. The van der Waals surface area contributed by atoms with E-state index in [1.807, 2.05) is 13.0 Å². The first-order valence-electron chi connectivity index (χ1n) is 7.33. The molecule has 2 aromatic carbocycles. The number of rotatable bonds is 7. The number of ether oxygens (including phenoxy) is 3. The molecule has 0 bridgehead atoms. The average molecular weight is 365 g/mol. The Labute approximate surface area is 146 Å². The molecule has 0 unspecified atom stereocenters. The van der Waals surface area contributed by atoms with Crippen molar-refractivity contribution in [3.8, 4) is 11.5 Å². The van der Waals surface area contributed by atoms with E-state index in [1.165, 1.54) is 38.5 Å². The zero-order chi connectivity index (χ0) is 18.4. The summed E-state index contributed by atoms with van der Waals surface area (Å²) in [5.74, 6) is 0.259. The third-order valence-corrected chi connectivity index (χ3v) is 4.70. The Morgan fingerprint density at radius 3 is 2.36 bits per heavy atom. The van der Waals surface area contributed by atoms with Gasteiger partial charge in [-0.1, -0.05) is 6.07 Å². The van der Waals surface area contributed by atoms with Gasteiger partial charge in [0.2, 0.25) is 0 Å². The maximum absolute atomic E-state index is 12.5. The molecule has 7 nitrogen and oxygen atoms in total. The van der Waals surface area contributed by atoms with Crippen LogP contribution in [-0.4, -0.2) is 35.2 Å². The molecule has 0 atom stereocenters. The summed E-state index contributed by atoms with van der Waals surface area (Å²) in [6, 6.07) is 10.9. The van der Waals surface area contributed by atoms with E-state index in [-0.39, 0.29) is 11.5 Å². The Morgan fingerprint density at radius 1 is 1.08 bits per heavy atom. The van der Waals surface area contributed by atoms with Crippen molar-refractivity contribution >= 4 is 21.7 Å². The molecule has 8 heteroatoms. The molecule has 0 saturated carbocycles. The van der Waals surface area contributed by atoms with Gasteiger partial charge >= 0.3 is 5.97 Å². The lowest BCUT2D eigenvalue weighted by molar-refractivity contribution is -0.142. The van der Waals surface area contributed by atoms with Gasteiger partial charge in [-0.05, 0) is 48.9 Å². The van der Waals surface area contributed by atoms with Crippen molar-refractivity contribution in [3.05, 3.63) is 48.0 Å². The lowest BCUT2D eigenvalue weighted by Crippen LogP contribution is -2.14. The van der Waals surface area contributed by atoms with Crippen LogP contribution < -0.4 is 14.2 Å². The molecule has 0 aliphatic heterocycles. The normalized spacial score (nSPS) is 10.8. The molecule has 0 aliphatic carbocycles. The van der Waals surface area contributed by atoms with Crippen LogP contribution in [0.3, 0.4) is 0 Å². The van der Waals surface area contributed by atoms with Crippen LogP contribution in [0.2, 0.25) is 0 Å². The third kappa shape index (κ3) is 4.87. The van der Waals surface area contributed by atoms with Gasteiger partial charge in [0.1, 0.15) is 11.5 Å². The number of sulfonamides is 1. The average Bonchev–Trinajstić information content (AvgIpc) is 2.60. The van der Waals surface area contributed by atoms with Crippen LogP contribution in [0.15, 0.2) is 47.4 Å². The predicted octanol–water partition coefficient (Wildman–Crippen LogP) is 2.36. The molecular weight excluding hydrogens is 346 g/mol. The van der Waals surface area contributed by atoms with Crippen LogP contribution >= 0.6 is 0 Å². The zero-order valence-corrected chi connectivity index (χ0v) is 14.9. The van der Waals surface area contributed by atoms with Crippen molar-refractivity contribution in [2.75, 3.05) is 25.5 Å². The van der Waals surface area contributed by atoms with Crippen molar-refractivity contribution in [1.82, 2.24) is 0 Å². The lowest BCUT2D eigenvalue weighted by Gasteiger charge is -2.13. The monoisotopic (exact) mass is 365 g/mol. The molecule has 0 radical (unpaired) electrons. The molecule has 2 rings (SSSR count). The number of hydrogen-bond donors (Lipinski definition) is 1. The second-order valence-electron chi connectivity index (χ2n) is 5.15. The fraction of sp³-hybridized carbons (Fsp3) is 0.235. The molecule has 2 aromatic rings. The summed E-state index contributed by atoms with van der Waals surface area (Å²) in [7, 11) is -1.07. The number of esters is 1. The third-order valence-electron chi connectivity index (χ3n) is 3.32. The maximum atomic E-state index is 12.5. The van der Waals surface area contributed by atoms with Crippen molar-refractivity contribution in [3.63, 3.8) is 0 Å². The van der Waals surface area contributed by atoms with Crippen molar-refractivity contribution in [2.45, 2.75) is 11.8 Å². The SMILES string of the molecule is COC(=O)COc1ccc(S(=O)(=O)Nc2cc(C)ccc2OC)cc1. The number of methoxy groups -OCH3 is 2. The number of benzene rings is 2. The molecule has 0 heterocycles. The minimum Gasteiger partial charge on any atom is -0.495 e.